The third-order valence-electron chi connectivity index (χ3n) is 6.37. The molecule has 1 N–H and O–H groups in total. The second-order valence-corrected chi connectivity index (χ2v) is 9.43. The van der Waals surface area contributed by atoms with Crippen LogP contribution in [0.4, 0.5) is 0 Å². The Labute approximate surface area is 218 Å². The van der Waals surface area contributed by atoms with Crippen LogP contribution in [0.25, 0.3) is 0 Å². The molecule has 9 nitrogen and oxygen atoms in total. The number of hydrogen-bond acceptors (Lipinski definition) is 7. The highest BCUT2D eigenvalue weighted by molar-refractivity contribution is 5.73. The van der Waals surface area contributed by atoms with Crippen molar-refractivity contribution >= 4 is 5.91 Å². The van der Waals surface area contributed by atoms with Gasteiger partial charge in [0, 0.05) is 58.5 Å². The van der Waals surface area contributed by atoms with Gasteiger partial charge in [0.25, 0.3) is 0 Å². The summed E-state index contributed by atoms with van der Waals surface area (Å²) in [5, 5.41) is 15.7. The van der Waals surface area contributed by atoms with Crippen LogP contribution in [0.1, 0.15) is 18.9 Å². The van der Waals surface area contributed by atoms with Gasteiger partial charge in [-0.05, 0) is 35.9 Å². The van der Waals surface area contributed by atoms with Gasteiger partial charge in [0.15, 0.2) is 11.5 Å². The Morgan fingerprint density at radius 2 is 1.89 bits per heavy atom. The van der Waals surface area contributed by atoms with E-state index in [4.69, 9.17) is 14.2 Å². The normalized spacial score (nSPS) is 18.3. The molecule has 1 aliphatic heterocycles. The van der Waals surface area contributed by atoms with Gasteiger partial charge >= 0.3 is 0 Å². The summed E-state index contributed by atoms with van der Waals surface area (Å²) in [5.74, 6) is 1.99. The molecule has 0 spiro atoms. The van der Waals surface area contributed by atoms with E-state index in [2.05, 4.69) is 10.00 Å². The molecule has 37 heavy (non-hydrogen) atoms. The van der Waals surface area contributed by atoms with E-state index in [0.717, 1.165) is 18.5 Å². The molecule has 0 aliphatic carbocycles. The molecule has 1 aromatic heterocycles. The van der Waals surface area contributed by atoms with Gasteiger partial charge in [0.1, 0.15) is 18.0 Å². The minimum absolute atomic E-state index is 0.0595. The number of β-amino-alcohol motifs (C(OH)–C–C–N with tert-alkyl or cyclic N) is 1. The number of ether oxygens (including phenoxy) is 3. The van der Waals surface area contributed by atoms with Crippen molar-refractivity contribution in [2.24, 2.45) is 0 Å². The molecule has 0 radical (unpaired) electrons. The van der Waals surface area contributed by atoms with Crippen LogP contribution in [-0.2, 0) is 17.9 Å². The lowest BCUT2D eigenvalue weighted by atomic mass is 10.0. The monoisotopic (exact) mass is 508 g/mol. The van der Waals surface area contributed by atoms with Gasteiger partial charge in [-0.15, -0.1) is 0 Å². The smallest absolute Gasteiger partial charge is 0.219 e. The molecule has 2 heterocycles. The number of aliphatic hydroxyl groups is 1. The maximum absolute atomic E-state index is 12.2. The highest BCUT2D eigenvalue weighted by Gasteiger charge is 2.37. The average Bonchev–Trinajstić information content (AvgIpc) is 3.36. The number of aromatic nitrogens is 2. The molecular weight excluding hydrogens is 472 g/mol. The summed E-state index contributed by atoms with van der Waals surface area (Å²) >= 11 is 0. The topological polar surface area (TPSA) is 89.3 Å². The molecule has 1 atom stereocenters. The molecule has 4 rings (SSSR count). The zero-order valence-corrected chi connectivity index (χ0v) is 21.6. The summed E-state index contributed by atoms with van der Waals surface area (Å²) in [5.41, 5.74) is -0.178. The van der Waals surface area contributed by atoms with Crippen molar-refractivity contribution < 1.29 is 24.1 Å². The molecule has 0 saturated carbocycles. The molecule has 3 aromatic rings. The molecule has 1 amide bonds. The lowest BCUT2D eigenvalue weighted by Crippen LogP contribution is -2.51. The maximum Gasteiger partial charge on any atom is 0.219 e. The minimum atomic E-state index is -1.21. The number of rotatable bonds is 11. The second-order valence-electron chi connectivity index (χ2n) is 9.43. The number of benzene rings is 2. The first-order valence-corrected chi connectivity index (χ1v) is 12.6. The zero-order valence-electron chi connectivity index (χ0n) is 21.6. The van der Waals surface area contributed by atoms with Crippen LogP contribution >= 0.6 is 0 Å². The highest BCUT2D eigenvalue weighted by Crippen LogP contribution is 2.29. The molecule has 2 aromatic carbocycles. The van der Waals surface area contributed by atoms with E-state index >= 15 is 0 Å². The van der Waals surface area contributed by atoms with E-state index in [0.29, 0.717) is 50.0 Å². The Bertz CT molecular complexity index is 1120. The van der Waals surface area contributed by atoms with Gasteiger partial charge in [-0.2, -0.15) is 5.10 Å². The molecule has 198 valence electrons. The van der Waals surface area contributed by atoms with Crippen LogP contribution in [0.5, 0.6) is 17.2 Å². The fourth-order valence-corrected chi connectivity index (χ4v) is 4.50. The van der Waals surface area contributed by atoms with Gasteiger partial charge in [0.05, 0.1) is 20.3 Å². The maximum atomic E-state index is 12.2. The van der Waals surface area contributed by atoms with E-state index in [1.54, 1.807) is 18.2 Å². The Morgan fingerprint density at radius 3 is 2.62 bits per heavy atom. The number of hydrogen-bond donors (Lipinski definition) is 1. The van der Waals surface area contributed by atoms with Crippen LogP contribution in [0.15, 0.2) is 67.0 Å². The van der Waals surface area contributed by atoms with Crippen molar-refractivity contribution in [3.8, 4) is 17.2 Å². The van der Waals surface area contributed by atoms with Crippen LogP contribution < -0.4 is 14.2 Å². The van der Waals surface area contributed by atoms with Gasteiger partial charge in [0.2, 0.25) is 5.91 Å². The van der Waals surface area contributed by atoms with Crippen molar-refractivity contribution in [1.29, 1.82) is 0 Å². The molecule has 1 aliphatic rings. The molecule has 1 saturated heterocycles. The molecule has 9 heteroatoms. The predicted octanol–water partition coefficient (Wildman–Crippen LogP) is 2.83. The highest BCUT2D eigenvalue weighted by atomic mass is 16.5. The second kappa shape index (κ2) is 12.6. The first-order chi connectivity index (χ1) is 17.9. The summed E-state index contributed by atoms with van der Waals surface area (Å²) < 4.78 is 19.3. The lowest BCUT2D eigenvalue weighted by molar-refractivity contribution is -0.132. The number of para-hydroxylation sites is 1. The number of aryl methyl sites for hydroxylation is 1. The fraction of sp³-hybridized carbons (Fsp3) is 0.429. The van der Waals surface area contributed by atoms with E-state index in [1.165, 1.54) is 6.92 Å². The molecule has 1 unspecified atom stereocenters. The first kappa shape index (κ1) is 26.5. The average molecular weight is 509 g/mol. The van der Waals surface area contributed by atoms with Crippen molar-refractivity contribution in [1.82, 2.24) is 19.6 Å². The summed E-state index contributed by atoms with van der Waals surface area (Å²) in [6.07, 6.45) is 4.53. The SMILES string of the molecule is COc1cc(CN2CCN(C(C)=O)CC(O)(COc3ccccc3)C2)ccc1OCCCn1cccn1. The van der Waals surface area contributed by atoms with Crippen LogP contribution in [-0.4, -0.2) is 82.7 Å². The Hall–Kier alpha value is -3.56. The number of amides is 1. The van der Waals surface area contributed by atoms with Crippen molar-refractivity contribution in [3.05, 3.63) is 72.6 Å². The summed E-state index contributed by atoms with van der Waals surface area (Å²) in [6.45, 7) is 5.33. The van der Waals surface area contributed by atoms with Gasteiger partial charge < -0.3 is 24.2 Å². The van der Waals surface area contributed by atoms with Crippen molar-refractivity contribution in [3.63, 3.8) is 0 Å². The largest absolute Gasteiger partial charge is 0.493 e. The van der Waals surface area contributed by atoms with E-state index in [-0.39, 0.29) is 19.1 Å². The van der Waals surface area contributed by atoms with Gasteiger partial charge in [-0.25, -0.2) is 0 Å². The fourth-order valence-electron chi connectivity index (χ4n) is 4.50. The Balaban J connectivity index is 1.38. The minimum Gasteiger partial charge on any atom is -0.493 e. The number of nitrogens with zero attached hydrogens (tertiary/aromatic N) is 4. The number of carbonyl (C=O) groups is 1. The summed E-state index contributed by atoms with van der Waals surface area (Å²) in [7, 11) is 1.63. The summed E-state index contributed by atoms with van der Waals surface area (Å²) in [4.78, 5) is 16.0. The van der Waals surface area contributed by atoms with E-state index in [9.17, 15) is 9.90 Å². The summed E-state index contributed by atoms with van der Waals surface area (Å²) in [6, 6.07) is 17.2. The molecule has 1 fully saturated rings. The van der Waals surface area contributed by atoms with Crippen LogP contribution in [0.2, 0.25) is 0 Å². The number of carbonyl (C=O) groups excluding carboxylic acids is 1. The first-order valence-electron chi connectivity index (χ1n) is 12.6. The van der Waals surface area contributed by atoms with Crippen molar-refractivity contribution in [2.75, 3.05) is 46.5 Å². The zero-order chi connectivity index (χ0) is 26.1. The predicted molar refractivity (Wildman–Crippen MR) is 140 cm³/mol. The standard InChI is InChI=1S/C28H36N4O5/c1-23(33)31-16-15-30(20-28(34,21-31)22-37-25-8-4-3-5-9-25)19-24-10-11-26(27(18-24)35-2)36-17-7-14-32-13-6-12-29-32/h3-6,8-13,18,34H,7,14-17,19-22H2,1-2H3. The van der Waals surface area contributed by atoms with Crippen LogP contribution in [0.3, 0.4) is 0 Å². The Morgan fingerprint density at radius 1 is 1.05 bits per heavy atom. The number of methoxy groups -OCH3 is 1. The van der Waals surface area contributed by atoms with Gasteiger partial charge in [-0.3, -0.25) is 14.4 Å². The lowest BCUT2D eigenvalue weighted by Gasteiger charge is -2.32. The van der Waals surface area contributed by atoms with E-state index < -0.39 is 5.60 Å². The third kappa shape index (κ3) is 7.71. The van der Waals surface area contributed by atoms with Gasteiger partial charge in [-0.1, -0.05) is 24.3 Å². The van der Waals surface area contributed by atoms with E-state index in [1.807, 2.05) is 65.5 Å². The molecule has 0 bridgehead atoms. The quantitative estimate of drug-likeness (QED) is 0.399. The van der Waals surface area contributed by atoms with Crippen molar-refractivity contribution in [2.45, 2.75) is 32.0 Å². The van der Waals surface area contributed by atoms with Crippen LogP contribution in [0, 0.1) is 0 Å². The Kier molecular flexibility index (Phi) is 9.03. The third-order valence-corrected chi connectivity index (χ3v) is 6.37. The molecular formula is C28H36N4O5.